The van der Waals surface area contributed by atoms with E-state index in [1.165, 1.54) is 23.1 Å². The molecule has 0 atom stereocenters. The van der Waals surface area contributed by atoms with Crippen LogP contribution in [0.15, 0.2) is 23.2 Å². The van der Waals surface area contributed by atoms with Crippen molar-refractivity contribution in [1.82, 2.24) is 4.98 Å². The van der Waals surface area contributed by atoms with Crippen molar-refractivity contribution in [2.75, 3.05) is 16.8 Å². The molecule has 0 unspecified atom stereocenters. The van der Waals surface area contributed by atoms with Gasteiger partial charge in [0.15, 0.2) is 0 Å². The van der Waals surface area contributed by atoms with E-state index in [0.717, 1.165) is 15.3 Å². The van der Waals surface area contributed by atoms with Crippen LogP contribution < -0.4 is 11.1 Å². The Bertz CT molecular complexity index is 701. The second-order valence-corrected chi connectivity index (χ2v) is 6.63. The quantitative estimate of drug-likeness (QED) is 0.846. The van der Waals surface area contributed by atoms with E-state index in [1.807, 2.05) is 19.9 Å². The second-order valence-electron chi connectivity index (χ2n) is 4.35. The van der Waals surface area contributed by atoms with Crippen molar-refractivity contribution in [2.24, 2.45) is 0 Å². The number of hydrogen-bond donors (Lipinski definition) is 2. The molecular weight excluding hydrogens is 304 g/mol. The van der Waals surface area contributed by atoms with E-state index in [2.05, 4.69) is 16.4 Å². The van der Waals surface area contributed by atoms with Crippen LogP contribution in [0, 0.1) is 25.2 Å². The predicted octanol–water partition coefficient (Wildman–Crippen LogP) is 2.94. The first-order valence-corrected chi connectivity index (χ1v) is 7.95. The van der Waals surface area contributed by atoms with Gasteiger partial charge in [0.1, 0.15) is 16.9 Å². The van der Waals surface area contributed by atoms with Gasteiger partial charge in [-0.25, -0.2) is 4.98 Å². The molecule has 2 aromatic heterocycles. The van der Waals surface area contributed by atoms with Gasteiger partial charge < -0.3 is 11.1 Å². The number of nitrogen functional groups attached to an aromatic ring is 1. The number of anilines is 2. The average molecular weight is 318 g/mol. The molecule has 0 aliphatic carbocycles. The lowest BCUT2D eigenvalue weighted by Gasteiger charge is -2.03. The topological polar surface area (TPSA) is 91.8 Å². The Balaban J connectivity index is 1.98. The third-order valence-corrected chi connectivity index (χ3v) is 4.98. The van der Waals surface area contributed by atoms with E-state index in [9.17, 15) is 4.79 Å². The van der Waals surface area contributed by atoms with Crippen LogP contribution in [0.25, 0.3) is 0 Å². The van der Waals surface area contributed by atoms with Crippen molar-refractivity contribution in [1.29, 1.82) is 5.26 Å². The lowest BCUT2D eigenvalue weighted by molar-refractivity contribution is -0.113. The normalized spacial score (nSPS) is 10.1. The van der Waals surface area contributed by atoms with Crippen molar-refractivity contribution < 1.29 is 4.79 Å². The minimum Gasteiger partial charge on any atom is -0.384 e. The number of rotatable bonds is 4. The van der Waals surface area contributed by atoms with Crippen molar-refractivity contribution in [3.63, 3.8) is 0 Å². The molecule has 2 aromatic rings. The summed E-state index contributed by atoms with van der Waals surface area (Å²) < 4.78 is 0. The summed E-state index contributed by atoms with van der Waals surface area (Å²) >= 11 is 2.80. The third kappa shape index (κ3) is 3.74. The molecule has 0 saturated heterocycles. The highest BCUT2D eigenvalue weighted by Crippen LogP contribution is 2.31. The summed E-state index contributed by atoms with van der Waals surface area (Å²) in [6.45, 7) is 3.82. The van der Waals surface area contributed by atoms with Crippen LogP contribution in [0.5, 0.6) is 0 Å². The summed E-state index contributed by atoms with van der Waals surface area (Å²) in [5.74, 6) is 0.563. The molecule has 0 spiro atoms. The molecule has 108 valence electrons. The Hall–Kier alpha value is -2.04. The first-order valence-electron chi connectivity index (χ1n) is 6.15. The van der Waals surface area contributed by atoms with E-state index in [4.69, 9.17) is 11.0 Å². The standard InChI is InChI=1S/C14H14N4OS2/c1-8-9(2)21-14(11(8)5-15)18-13(19)7-20-10-3-4-12(16)17-6-10/h3-4,6H,7H2,1-2H3,(H2,16,17)(H,18,19). The molecule has 0 fully saturated rings. The summed E-state index contributed by atoms with van der Waals surface area (Å²) in [6.07, 6.45) is 1.63. The van der Waals surface area contributed by atoms with E-state index < -0.39 is 0 Å². The van der Waals surface area contributed by atoms with Crippen LogP contribution in [-0.2, 0) is 4.79 Å². The van der Waals surface area contributed by atoms with E-state index in [-0.39, 0.29) is 11.7 Å². The zero-order chi connectivity index (χ0) is 15.4. The number of pyridine rings is 1. The maximum atomic E-state index is 12.0. The molecule has 5 nitrogen and oxygen atoms in total. The van der Waals surface area contributed by atoms with Crippen LogP contribution in [-0.4, -0.2) is 16.6 Å². The number of thiophene rings is 1. The van der Waals surface area contributed by atoms with Crippen LogP contribution in [0.1, 0.15) is 16.0 Å². The number of carbonyl (C=O) groups excluding carboxylic acids is 1. The first kappa shape index (κ1) is 15.4. The van der Waals surface area contributed by atoms with E-state index >= 15 is 0 Å². The van der Waals surface area contributed by atoms with Gasteiger partial charge in [-0.15, -0.1) is 23.1 Å². The van der Waals surface area contributed by atoms with Crippen molar-refractivity contribution in [2.45, 2.75) is 18.7 Å². The highest BCUT2D eigenvalue weighted by atomic mass is 32.2. The molecule has 7 heteroatoms. The Morgan fingerprint density at radius 1 is 1.52 bits per heavy atom. The molecule has 0 radical (unpaired) electrons. The molecule has 21 heavy (non-hydrogen) atoms. The minimum absolute atomic E-state index is 0.144. The predicted molar refractivity (Wildman–Crippen MR) is 86.5 cm³/mol. The van der Waals surface area contributed by atoms with Gasteiger partial charge >= 0.3 is 0 Å². The number of nitriles is 1. The number of carbonyl (C=O) groups is 1. The largest absolute Gasteiger partial charge is 0.384 e. The molecule has 0 aliphatic rings. The number of nitrogens with zero attached hydrogens (tertiary/aromatic N) is 2. The van der Waals surface area contributed by atoms with Gasteiger partial charge in [0.25, 0.3) is 0 Å². The number of nitrogens with one attached hydrogen (secondary N) is 1. The molecular formula is C14H14N4OS2. The Kier molecular flexibility index (Phi) is 4.83. The highest BCUT2D eigenvalue weighted by molar-refractivity contribution is 8.00. The smallest absolute Gasteiger partial charge is 0.235 e. The molecule has 0 aliphatic heterocycles. The zero-order valence-electron chi connectivity index (χ0n) is 11.6. The fraction of sp³-hybridized carbons (Fsp3) is 0.214. The maximum absolute atomic E-state index is 12.0. The fourth-order valence-corrected chi connectivity index (χ4v) is 3.33. The van der Waals surface area contributed by atoms with Gasteiger partial charge in [0.05, 0.1) is 11.3 Å². The maximum Gasteiger partial charge on any atom is 0.235 e. The third-order valence-electron chi connectivity index (χ3n) is 2.88. The Labute approximate surface area is 131 Å². The molecule has 0 aromatic carbocycles. The minimum atomic E-state index is -0.144. The number of aromatic nitrogens is 1. The highest BCUT2D eigenvalue weighted by Gasteiger charge is 2.14. The van der Waals surface area contributed by atoms with Crippen LogP contribution >= 0.6 is 23.1 Å². The molecule has 2 rings (SSSR count). The molecule has 2 heterocycles. The van der Waals surface area contributed by atoms with Crippen LogP contribution in [0.4, 0.5) is 10.8 Å². The van der Waals surface area contributed by atoms with Gasteiger partial charge in [-0.3, -0.25) is 4.79 Å². The SMILES string of the molecule is Cc1sc(NC(=O)CSc2ccc(N)nc2)c(C#N)c1C. The number of thioether (sulfide) groups is 1. The summed E-state index contributed by atoms with van der Waals surface area (Å²) in [4.78, 5) is 17.8. The van der Waals surface area contributed by atoms with Crippen molar-refractivity contribution in [3.05, 3.63) is 34.3 Å². The first-order chi connectivity index (χ1) is 10.0. The molecule has 0 bridgehead atoms. The van der Waals surface area contributed by atoms with Crippen molar-refractivity contribution in [3.8, 4) is 6.07 Å². The van der Waals surface area contributed by atoms with Gasteiger partial charge in [-0.1, -0.05) is 0 Å². The van der Waals surface area contributed by atoms with Gasteiger partial charge in [0.2, 0.25) is 5.91 Å². The fourth-order valence-electron chi connectivity index (χ4n) is 1.64. The summed E-state index contributed by atoms with van der Waals surface area (Å²) in [6, 6.07) is 5.65. The number of hydrogen-bond acceptors (Lipinski definition) is 6. The molecule has 3 N–H and O–H groups in total. The monoisotopic (exact) mass is 318 g/mol. The number of aryl methyl sites for hydroxylation is 1. The lowest BCUT2D eigenvalue weighted by Crippen LogP contribution is -2.13. The van der Waals surface area contributed by atoms with Crippen LogP contribution in [0.2, 0.25) is 0 Å². The average Bonchev–Trinajstić information content (AvgIpc) is 2.72. The molecule has 1 amide bonds. The Morgan fingerprint density at radius 2 is 2.29 bits per heavy atom. The second kappa shape index (κ2) is 6.61. The van der Waals surface area contributed by atoms with Crippen molar-refractivity contribution >= 4 is 39.8 Å². The zero-order valence-corrected chi connectivity index (χ0v) is 13.3. The van der Waals surface area contributed by atoms with E-state index in [1.54, 1.807) is 12.3 Å². The van der Waals surface area contributed by atoms with E-state index in [0.29, 0.717) is 16.4 Å². The summed E-state index contributed by atoms with van der Waals surface area (Å²) in [5.41, 5.74) is 6.97. The van der Waals surface area contributed by atoms with Gasteiger partial charge in [-0.2, -0.15) is 5.26 Å². The van der Waals surface area contributed by atoms with Gasteiger partial charge in [-0.05, 0) is 31.5 Å². The Morgan fingerprint density at radius 3 is 2.90 bits per heavy atom. The summed E-state index contributed by atoms with van der Waals surface area (Å²) in [5, 5.41) is 12.6. The number of amides is 1. The van der Waals surface area contributed by atoms with Gasteiger partial charge in [0, 0.05) is 16.0 Å². The molecule has 0 saturated carbocycles. The lowest BCUT2D eigenvalue weighted by atomic mass is 10.2. The number of nitrogens with two attached hydrogens (primary N) is 1. The summed E-state index contributed by atoms with van der Waals surface area (Å²) in [7, 11) is 0. The van der Waals surface area contributed by atoms with Crippen LogP contribution in [0.3, 0.4) is 0 Å².